The average molecular weight is 760 g/mol. The second-order valence-corrected chi connectivity index (χ2v) is 16.6. The predicted octanol–water partition coefficient (Wildman–Crippen LogP) is 4.27. The molecule has 8 rings (SSSR count). The maximum absolute atomic E-state index is 13.8. The highest BCUT2D eigenvalue weighted by Crippen LogP contribution is 2.51. The van der Waals surface area contributed by atoms with Crippen LogP contribution in [0.15, 0.2) is 59.9 Å². The van der Waals surface area contributed by atoms with E-state index in [4.69, 9.17) is 9.47 Å². The minimum absolute atomic E-state index is 0.0277. The summed E-state index contributed by atoms with van der Waals surface area (Å²) in [6, 6.07) is 10.3. The quantitative estimate of drug-likeness (QED) is 0.125. The Morgan fingerprint density at radius 2 is 1.81 bits per heavy atom. The third-order valence-corrected chi connectivity index (χ3v) is 12.8. The smallest absolute Gasteiger partial charge is 0.312 e. The van der Waals surface area contributed by atoms with Gasteiger partial charge in [-0.2, -0.15) is 0 Å². The molecule has 0 atom stereocenters. The SMILES string of the molecule is O=C(NS(=O)(=O)c1cnc(NCC2CCOCC2)c([N+](=O)[O-])c1)c1ccc(N2CCC3(CC2)CC(N2CCNCC2)C3)cc1Oc1cnc2[nH]ccc2c1. The van der Waals surface area contributed by atoms with E-state index in [9.17, 15) is 23.3 Å². The van der Waals surface area contributed by atoms with Crippen LogP contribution in [0.4, 0.5) is 17.2 Å². The summed E-state index contributed by atoms with van der Waals surface area (Å²) < 4.78 is 40.8. The second kappa shape index (κ2) is 15.1. The van der Waals surface area contributed by atoms with E-state index < -0.39 is 31.4 Å². The molecule has 3 aliphatic heterocycles. The van der Waals surface area contributed by atoms with E-state index in [0.717, 1.165) is 88.3 Å². The molecule has 1 aliphatic carbocycles. The van der Waals surface area contributed by atoms with Gasteiger partial charge >= 0.3 is 5.69 Å². The van der Waals surface area contributed by atoms with E-state index in [-0.39, 0.29) is 23.0 Å². The summed E-state index contributed by atoms with van der Waals surface area (Å²) in [5, 5.41) is 19.2. The minimum atomic E-state index is -4.58. The van der Waals surface area contributed by atoms with Crippen LogP contribution in [0.5, 0.6) is 11.5 Å². The maximum atomic E-state index is 13.8. The van der Waals surface area contributed by atoms with Crippen LogP contribution in [0.2, 0.25) is 0 Å². The van der Waals surface area contributed by atoms with E-state index in [1.54, 1.807) is 30.5 Å². The molecule has 4 fully saturated rings. The van der Waals surface area contributed by atoms with Crippen molar-refractivity contribution in [1.29, 1.82) is 0 Å². The van der Waals surface area contributed by atoms with Crippen LogP contribution >= 0.6 is 0 Å². The molecule has 4 N–H and O–H groups in total. The number of hydrogen-bond donors (Lipinski definition) is 4. The molecule has 4 aliphatic rings. The highest BCUT2D eigenvalue weighted by atomic mass is 32.2. The molecule has 0 bridgehead atoms. The van der Waals surface area contributed by atoms with E-state index >= 15 is 0 Å². The summed E-state index contributed by atoms with van der Waals surface area (Å²) in [4.78, 5) is 41.0. The number of carbonyl (C=O) groups is 1. The summed E-state index contributed by atoms with van der Waals surface area (Å²) in [7, 11) is -4.58. The van der Waals surface area contributed by atoms with Gasteiger partial charge in [0.15, 0.2) is 0 Å². The predicted molar refractivity (Wildman–Crippen MR) is 202 cm³/mol. The number of hydrogen-bond acceptors (Lipinski definition) is 13. The van der Waals surface area contributed by atoms with Crippen molar-refractivity contribution >= 4 is 44.2 Å². The molecule has 0 radical (unpaired) electrons. The Hall–Kier alpha value is -4.84. The van der Waals surface area contributed by atoms with Gasteiger partial charge in [-0.1, -0.05) is 0 Å². The van der Waals surface area contributed by atoms with Crippen molar-refractivity contribution in [2.45, 2.75) is 49.5 Å². The van der Waals surface area contributed by atoms with Gasteiger partial charge in [-0.25, -0.2) is 23.1 Å². The number of aromatic nitrogens is 3. The van der Waals surface area contributed by atoms with Gasteiger partial charge in [0.1, 0.15) is 22.0 Å². The molecule has 54 heavy (non-hydrogen) atoms. The fourth-order valence-electron chi connectivity index (χ4n) is 8.26. The van der Waals surface area contributed by atoms with Crippen molar-refractivity contribution in [3.8, 4) is 11.5 Å². The molecule has 3 saturated heterocycles. The number of pyridine rings is 2. The number of aromatic amines is 1. The molecule has 0 unspecified atom stereocenters. The van der Waals surface area contributed by atoms with E-state index in [1.165, 1.54) is 19.0 Å². The number of sulfonamides is 1. The van der Waals surface area contributed by atoms with Gasteiger partial charge in [0, 0.05) is 94.5 Å². The molecule has 1 amide bonds. The Balaban J connectivity index is 0.997. The first kappa shape index (κ1) is 36.2. The first-order valence-electron chi connectivity index (χ1n) is 18.6. The van der Waals surface area contributed by atoms with Crippen LogP contribution in [0.1, 0.15) is 48.9 Å². The number of nitrogens with zero attached hydrogens (tertiary/aromatic N) is 5. The first-order valence-corrected chi connectivity index (χ1v) is 20.1. The lowest BCUT2D eigenvalue weighted by atomic mass is 9.60. The Morgan fingerprint density at radius 3 is 2.57 bits per heavy atom. The Kier molecular flexibility index (Phi) is 10.1. The molecular weight excluding hydrogens is 715 g/mol. The molecule has 1 aromatic carbocycles. The Morgan fingerprint density at radius 1 is 1.04 bits per heavy atom. The van der Waals surface area contributed by atoms with Crippen molar-refractivity contribution in [2.24, 2.45) is 11.3 Å². The normalized spacial score (nSPS) is 19.7. The van der Waals surface area contributed by atoms with Crippen molar-refractivity contribution in [3.63, 3.8) is 0 Å². The van der Waals surface area contributed by atoms with Crippen molar-refractivity contribution in [3.05, 3.63) is 70.7 Å². The molecule has 1 spiro atoms. The van der Waals surface area contributed by atoms with Crippen molar-refractivity contribution in [2.75, 3.05) is 69.2 Å². The monoisotopic (exact) mass is 759 g/mol. The number of piperazine rings is 1. The van der Waals surface area contributed by atoms with Crippen LogP contribution in [0, 0.1) is 21.4 Å². The fourth-order valence-corrected chi connectivity index (χ4v) is 9.19. The van der Waals surface area contributed by atoms with E-state index in [1.807, 2.05) is 6.07 Å². The highest BCUT2D eigenvalue weighted by Gasteiger charge is 2.47. The maximum Gasteiger partial charge on any atom is 0.312 e. The number of nitro groups is 1. The standard InChI is InChI=1S/C37H45N9O7S/c47-36(43-54(50,51)30-19-32(46(48)49)35(42-24-30)40-22-25-4-15-52-16-5-25)31-2-1-27(18-33(31)53-29-17-26-3-8-39-34(26)41-23-29)44-11-6-37(7-12-44)20-28(21-37)45-13-9-38-10-14-45/h1-3,8,17-19,23-25,28,38H,4-7,9-16,20-22H2,(H,39,41)(H,40,42)(H,43,47). The molecule has 17 heteroatoms. The lowest BCUT2D eigenvalue weighted by molar-refractivity contribution is -0.384. The third-order valence-electron chi connectivity index (χ3n) is 11.5. The van der Waals surface area contributed by atoms with E-state index in [2.05, 4.69) is 40.1 Å². The molecule has 16 nitrogen and oxygen atoms in total. The van der Waals surface area contributed by atoms with Gasteiger partial charge < -0.3 is 30.0 Å². The van der Waals surface area contributed by atoms with Gasteiger partial charge in [-0.15, -0.1) is 0 Å². The lowest BCUT2D eigenvalue weighted by Gasteiger charge is -2.56. The molecule has 6 heterocycles. The Labute approximate surface area is 313 Å². The van der Waals surface area contributed by atoms with Crippen molar-refractivity contribution < 1.29 is 27.6 Å². The molecule has 1 saturated carbocycles. The third kappa shape index (κ3) is 7.71. The summed E-state index contributed by atoms with van der Waals surface area (Å²) in [5.74, 6) is -0.239. The number of ether oxygens (including phenoxy) is 2. The molecular formula is C37H45N9O7S. The molecule has 3 aromatic heterocycles. The van der Waals surface area contributed by atoms with Gasteiger partial charge in [0.25, 0.3) is 15.9 Å². The van der Waals surface area contributed by atoms with Crippen LogP contribution in [0.25, 0.3) is 11.0 Å². The van der Waals surface area contributed by atoms with Crippen LogP contribution in [-0.4, -0.2) is 104 Å². The highest BCUT2D eigenvalue weighted by molar-refractivity contribution is 7.90. The van der Waals surface area contributed by atoms with Crippen LogP contribution in [-0.2, 0) is 14.8 Å². The number of rotatable bonds is 11. The summed E-state index contributed by atoms with van der Waals surface area (Å²) in [6.45, 7) is 7.71. The first-order chi connectivity index (χ1) is 26.1. The zero-order valence-corrected chi connectivity index (χ0v) is 30.8. The topological polar surface area (TPSA) is 197 Å². The molecule has 4 aromatic rings. The Bertz CT molecular complexity index is 2120. The van der Waals surface area contributed by atoms with Crippen LogP contribution < -0.4 is 25.0 Å². The van der Waals surface area contributed by atoms with E-state index in [0.29, 0.717) is 42.6 Å². The summed E-state index contributed by atoms with van der Waals surface area (Å²) in [5.41, 5.74) is 1.35. The fraction of sp³-hybridized carbons (Fsp3) is 0.486. The zero-order chi connectivity index (χ0) is 37.3. The number of amides is 1. The number of piperidine rings is 1. The number of nitrogens with one attached hydrogen (secondary N) is 4. The number of anilines is 2. The van der Waals surface area contributed by atoms with Crippen molar-refractivity contribution in [1.82, 2.24) is 29.9 Å². The van der Waals surface area contributed by atoms with Crippen LogP contribution in [0.3, 0.4) is 0 Å². The molecule has 286 valence electrons. The van der Waals surface area contributed by atoms with Gasteiger partial charge in [0.05, 0.1) is 22.9 Å². The zero-order valence-electron chi connectivity index (χ0n) is 30.0. The summed E-state index contributed by atoms with van der Waals surface area (Å²) >= 11 is 0. The van der Waals surface area contributed by atoms with Gasteiger partial charge in [-0.3, -0.25) is 19.8 Å². The number of H-pyrrole nitrogens is 1. The number of fused-ring (bicyclic) bond motifs is 1. The minimum Gasteiger partial charge on any atom is -0.455 e. The second-order valence-electron chi connectivity index (χ2n) is 14.9. The number of benzene rings is 1. The largest absolute Gasteiger partial charge is 0.455 e. The van der Waals surface area contributed by atoms with Gasteiger partial charge in [0.2, 0.25) is 5.82 Å². The number of carbonyl (C=O) groups excluding carboxylic acids is 1. The lowest BCUT2D eigenvalue weighted by Crippen LogP contribution is -2.58. The average Bonchev–Trinajstić information content (AvgIpc) is 3.65. The van der Waals surface area contributed by atoms with Gasteiger partial charge in [-0.05, 0) is 74.1 Å². The summed E-state index contributed by atoms with van der Waals surface area (Å²) in [6.07, 6.45) is 10.5.